The van der Waals surface area contributed by atoms with Crippen LogP contribution in [-0.2, 0) is 0 Å². The first kappa shape index (κ1) is 15.4. The van der Waals surface area contributed by atoms with Gasteiger partial charge in [-0.05, 0) is 23.8 Å². The lowest BCUT2D eigenvalue weighted by atomic mass is 10.0. The van der Waals surface area contributed by atoms with Gasteiger partial charge in [-0.25, -0.2) is 4.39 Å². The normalized spacial score (nSPS) is 12.3. The number of aliphatic hydroxyl groups is 1. The summed E-state index contributed by atoms with van der Waals surface area (Å²) in [6.45, 7) is 0. The maximum absolute atomic E-state index is 13.1. The summed E-state index contributed by atoms with van der Waals surface area (Å²) in [5, 5.41) is 10.8. The number of methoxy groups -OCH3 is 1. The lowest BCUT2D eigenvalue weighted by Crippen LogP contribution is -2.02. The number of hydrogen-bond donors (Lipinski definition) is 1. The Morgan fingerprint density at radius 2 is 1.75 bits per heavy atom. The van der Waals surface area contributed by atoms with Gasteiger partial charge in [-0.1, -0.05) is 40.9 Å². The van der Waals surface area contributed by atoms with E-state index in [0.29, 0.717) is 26.9 Å². The van der Waals surface area contributed by atoms with E-state index in [1.165, 1.54) is 37.4 Å². The molecule has 0 aliphatic heterocycles. The van der Waals surface area contributed by atoms with Gasteiger partial charge in [0, 0.05) is 11.6 Å². The Balaban J connectivity index is 2.45. The molecule has 0 fully saturated rings. The average Bonchev–Trinajstić information content (AvgIpc) is 2.43. The van der Waals surface area contributed by atoms with Crippen LogP contribution in [0.1, 0.15) is 17.2 Å². The number of rotatable bonds is 3. The standard InChI is InChI=1S/C14H10Cl3FO2/c1-20-13-6-9(15)8(5-11(13)17)14(19)7-2-3-12(18)10(16)4-7/h2-6,14,19H,1H3. The van der Waals surface area contributed by atoms with E-state index >= 15 is 0 Å². The molecule has 2 aromatic rings. The zero-order chi connectivity index (χ0) is 14.9. The molecule has 1 unspecified atom stereocenters. The van der Waals surface area contributed by atoms with Crippen molar-refractivity contribution in [2.75, 3.05) is 7.11 Å². The number of halogens is 4. The monoisotopic (exact) mass is 334 g/mol. The van der Waals surface area contributed by atoms with E-state index in [1.807, 2.05) is 0 Å². The van der Waals surface area contributed by atoms with Crippen LogP contribution in [0, 0.1) is 5.82 Å². The molecule has 106 valence electrons. The van der Waals surface area contributed by atoms with Crippen LogP contribution in [0.3, 0.4) is 0 Å². The van der Waals surface area contributed by atoms with Gasteiger partial charge in [0.05, 0.1) is 22.2 Å². The minimum atomic E-state index is -1.07. The first-order chi connectivity index (χ1) is 9.43. The maximum Gasteiger partial charge on any atom is 0.141 e. The van der Waals surface area contributed by atoms with Crippen molar-refractivity contribution < 1.29 is 14.2 Å². The zero-order valence-corrected chi connectivity index (χ0v) is 12.6. The second kappa shape index (κ2) is 6.19. The Morgan fingerprint density at radius 1 is 1.05 bits per heavy atom. The van der Waals surface area contributed by atoms with Crippen molar-refractivity contribution in [3.05, 3.63) is 62.3 Å². The van der Waals surface area contributed by atoms with Crippen LogP contribution in [0.25, 0.3) is 0 Å². The predicted octanol–water partition coefficient (Wildman–Crippen LogP) is 4.88. The van der Waals surface area contributed by atoms with Gasteiger partial charge in [-0.2, -0.15) is 0 Å². The van der Waals surface area contributed by atoms with E-state index in [-0.39, 0.29) is 5.02 Å². The molecule has 2 nitrogen and oxygen atoms in total. The van der Waals surface area contributed by atoms with Gasteiger partial charge < -0.3 is 9.84 Å². The largest absolute Gasteiger partial charge is 0.495 e. The van der Waals surface area contributed by atoms with Crippen LogP contribution in [0.2, 0.25) is 15.1 Å². The van der Waals surface area contributed by atoms with Crippen molar-refractivity contribution in [3.8, 4) is 5.75 Å². The van der Waals surface area contributed by atoms with Gasteiger partial charge in [0.25, 0.3) is 0 Å². The van der Waals surface area contributed by atoms with Gasteiger partial charge in [-0.3, -0.25) is 0 Å². The van der Waals surface area contributed by atoms with Crippen LogP contribution in [0.15, 0.2) is 30.3 Å². The molecular weight excluding hydrogens is 326 g/mol. The SMILES string of the molecule is COc1cc(Cl)c(C(O)c2ccc(F)c(Cl)c2)cc1Cl. The van der Waals surface area contributed by atoms with Crippen molar-refractivity contribution >= 4 is 34.8 Å². The number of hydrogen-bond acceptors (Lipinski definition) is 2. The number of aliphatic hydroxyl groups excluding tert-OH is 1. The Bertz CT molecular complexity index is 647. The molecule has 0 aromatic heterocycles. The van der Waals surface area contributed by atoms with Crippen LogP contribution >= 0.6 is 34.8 Å². The summed E-state index contributed by atoms with van der Waals surface area (Å²) in [5.74, 6) is -0.147. The van der Waals surface area contributed by atoms with E-state index in [9.17, 15) is 9.50 Å². The second-order valence-electron chi connectivity index (χ2n) is 4.08. The lowest BCUT2D eigenvalue weighted by molar-refractivity contribution is 0.220. The lowest BCUT2D eigenvalue weighted by Gasteiger charge is -2.15. The summed E-state index contributed by atoms with van der Waals surface area (Å²) in [5.41, 5.74) is 0.805. The van der Waals surface area contributed by atoms with E-state index in [0.717, 1.165) is 0 Å². The van der Waals surface area contributed by atoms with E-state index < -0.39 is 11.9 Å². The van der Waals surface area contributed by atoms with Crippen molar-refractivity contribution in [2.24, 2.45) is 0 Å². The Hall–Kier alpha value is -1.000. The fraction of sp³-hybridized carbons (Fsp3) is 0.143. The minimum Gasteiger partial charge on any atom is -0.495 e. The fourth-order valence-corrected chi connectivity index (χ4v) is 2.47. The highest BCUT2D eigenvalue weighted by atomic mass is 35.5. The van der Waals surface area contributed by atoms with Gasteiger partial charge in [0.15, 0.2) is 0 Å². The van der Waals surface area contributed by atoms with Crippen molar-refractivity contribution in [3.63, 3.8) is 0 Å². The summed E-state index contributed by atoms with van der Waals surface area (Å²) < 4.78 is 18.2. The molecule has 0 aliphatic rings. The number of benzene rings is 2. The molecular formula is C14H10Cl3FO2. The molecule has 6 heteroatoms. The first-order valence-corrected chi connectivity index (χ1v) is 6.73. The van der Waals surface area contributed by atoms with Crippen LogP contribution < -0.4 is 4.74 Å². The molecule has 0 aliphatic carbocycles. The molecule has 1 N–H and O–H groups in total. The third kappa shape index (κ3) is 3.01. The quantitative estimate of drug-likeness (QED) is 0.866. The highest BCUT2D eigenvalue weighted by Gasteiger charge is 2.18. The van der Waals surface area contributed by atoms with Gasteiger partial charge in [0.2, 0.25) is 0 Å². The van der Waals surface area contributed by atoms with Crippen LogP contribution in [-0.4, -0.2) is 12.2 Å². The highest BCUT2D eigenvalue weighted by molar-refractivity contribution is 6.34. The fourth-order valence-electron chi connectivity index (χ4n) is 1.77. The molecule has 0 saturated heterocycles. The third-order valence-electron chi connectivity index (χ3n) is 2.83. The van der Waals surface area contributed by atoms with E-state index in [1.54, 1.807) is 0 Å². The summed E-state index contributed by atoms with van der Waals surface area (Å²) >= 11 is 17.8. The maximum atomic E-state index is 13.1. The van der Waals surface area contributed by atoms with Crippen LogP contribution in [0.5, 0.6) is 5.75 Å². The van der Waals surface area contributed by atoms with Crippen molar-refractivity contribution in [1.82, 2.24) is 0 Å². The van der Waals surface area contributed by atoms with E-state index in [4.69, 9.17) is 39.5 Å². The summed E-state index contributed by atoms with van der Waals surface area (Å²) in [7, 11) is 1.47. The smallest absolute Gasteiger partial charge is 0.141 e. The second-order valence-corrected chi connectivity index (χ2v) is 5.31. The molecule has 0 radical (unpaired) electrons. The topological polar surface area (TPSA) is 29.5 Å². The molecule has 20 heavy (non-hydrogen) atoms. The van der Waals surface area contributed by atoms with E-state index in [2.05, 4.69) is 0 Å². The third-order valence-corrected chi connectivity index (χ3v) is 3.74. The van der Waals surface area contributed by atoms with Crippen molar-refractivity contribution in [2.45, 2.75) is 6.10 Å². The summed E-state index contributed by atoms with van der Waals surface area (Å²) in [4.78, 5) is 0. The zero-order valence-electron chi connectivity index (χ0n) is 10.3. The Morgan fingerprint density at radius 3 is 2.35 bits per heavy atom. The molecule has 2 rings (SSSR count). The molecule has 0 amide bonds. The summed E-state index contributed by atoms with van der Waals surface area (Å²) in [6, 6.07) is 6.97. The minimum absolute atomic E-state index is 0.0720. The summed E-state index contributed by atoms with van der Waals surface area (Å²) in [6.07, 6.45) is -1.07. The molecule has 0 heterocycles. The predicted molar refractivity (Wildman–Crippen MR) is 78.5 cm³/mol. The Kier molecular flexibility index (Phi) is 4.76. The molecule has 2 aromatic carbocycles. The molecule has 0 saturated carbocycles. The average molecular weight is 336 g/mol. The Labute approximate surface area is 130 Å². The number of ether oxygens (including phenoxy) is 1. The van der Waals surface area contributed by atoms with Gasteiger partial charge in [0.1, 0.15) is 17.7 Å². The molecule has 0 spiro atoms. The highest BCUT2D eigenvalue weighted by Crippen LogP contribution is 2.36. The van der Waals surface area contributed by atoms with Crippen molar-refractivity contribution in [1.29, 1.82) is 0 Å². The van der Waals surface area contributed by atoms with Gasteiger partial charge in [-0.15, -0.1) is 0 Å². The van der Waals surface area contributed by atoms with Gasteiger partial charge >= 0.3 is 0 Å². The first-order valence-electron chi connectivity index (χ1n) is 5.60. The van der Waals surface area contributed by atoms with Crippen LogP contribution in [0.4, 0.5) is 4.39 Å². The molecule has 0 bridgehead atoms. The molecule has 1 atom stereocenters.